The van der Waals surface area contributed by atoms with E-state index < -0.39 is 28.4 Å². The number of aromatic nitrogens is 4. The minimum absolute atomic E-state index is 0.160. The summed E-state index contributed by atoms with van der Waals surface area (Å²) in [6, 6.07) is 2.05. The fraction of sp³-hybridized carbons (Fsp3) is 0.200. The van der Waals surface area contributed by atoms with Crippen LogP contribution in [-0.2, 0) is 0 Å². The van der Waals surface area contributed by atoms with Crippen LogP contribution in [0.5, 0.6) is 0 Å². The standard InChI is InChI=1S/C10H9FN6O3/c1-5(9-13-15-16-14-9)12-10(18)6-2-7(11)4-8(3-6)17(19)20/h2-5H,1H3,(H,12,18)(H,13,14,15,16). The molecular weight excluding hydrogens is 271 g/mol. The summed E-state index contributed by atoms with van der Waals surface area (Å²) in [5.74, 6) is -1.30. The van der Waals surface area contributed by atoms with E-state index in [1.807, 2.05) is 0 Å². The average Bonchev–Trinajstić information content (AvgIpc) is 2.91. The molecule has 0 radical (unpaired) electrons. The van der Waals surface area contributed by atoms with E-state index in [9.17, 15) is 19.3 Å². The van der Waals surface area contributed by atoms with Crippen LogP contribution in [0.15, 0.2) is 18.2 Å². The minimum Gasteiger partial charge on any atom is -0.342 e. The van der Waals surface area contributed by atoms with Crippen LogP contribution < -0.4 is 5.32 Å². The smallest absolute Gasteiger partial charge is 0.273 e. The number of nitro groups is 1. The van der Waals surface area contributed by atoms with Crippen molar-refractivity contribution in [1.29, 1.82) is 0 Å². The van der Waals surface area contributed by atoms with Gasteiger partial charge >= 0.3 is 0 Å². The molecule has 1 heterocycles. The van der Waals surface area contributed by atoms with Gasteiger partial charge in [-0.25, -0.2) is 4.39 Å². The Hall–Kier alpha value is -2.91. The Morgan fingerprint density at radius 1 is 1.50 bits per heavy atom. The third-order valence-electron chi connectivity index (χ3n) is 2.45. The van der Waals surface area contributed by atoms with Gasteiger partial charge in [0, 0.05) is 11.6 Å². The summed E-state index contributed by atoms with van der Waals surface area (Å²) in [4.78, 5) is 21.7. The summed E-state index contributed by atoms with van der Waals surface area (Å²) in [5.41, 5.74) is -0.658. The first-order valence-electron chi connectivity index (χ1n) is 5.46. The fourth-order valence-corrected chi connectivity index (χ4v) is 1.51. The number of carbonyl (C=O) groups is 1. The molecule has 104 valence electrons. The van der Waals surface area contributed by atoms with E-state index in [0.29, 0.717) is 0 Å². The molecule has 1 amide bonds. The van der Waals surface area contributed by atoms with Crippen LogP contribution in [-0.4, -0.2) is 31.5 Å². The second-order valence-electron chi connectivity index (χ2n) is 3.92. The third kappa shape index (κ3) is 2.91. The van der Waals surface area contributed by atoms with E-state index in [2.05, 4.69) is 25.9 Å². The maximum absolute atomic E-state index is 13.2. The van der Waals surface area contributed by atoms with Gasteiger partial charge in [-0.05, 0) is 13.0 Å². The third-order valence-corrected chi connectivity index (χ3v) is 2.45. The Morgan fingerprint density at radius 3 is 2.85 bits per heavy atom. The minimum atomic E-state index is -0.864. The van der Waals surface area contributed by atoms with Crippen LogP contribution in [0, 0.1) is 15.9 Å². The number of rotatable bonds is 4. The van der Waals surface area contributed by atoms with Gasteiger partial charge in [-0.2, -0.15) is 5.21 Å². The van der Waals surface area contributed by atoms with E-state index in [1.54, 1.807) is 6.92 Å². The van der Waals surface area contributed by atoms with Crippen molar-refractivity contribution >= 4 is 11.6 Å². The SMILES string of the molecule is CC(NC(=O)c1cc(F)cc([N+](=O)[O-])c1)c1nn[nH]n1. The summed E-state index contributed by atoms with van der Waals surface area (Å²) >= 11 is 0. The number of nitro benzene ring substituents is 1. The quantitative estimate of drug-likeness (QED) is 0.628. The molecule has 1 unspecified atom stereocenters. The molecule has 2 N–H and O–H groups in total. The molecule has 1 aromatic carbocycles. The lowest BCUT2D eigenvalue weighted by molar-refractivity contribution is -0.385. The molecule has 0 saturated heterocycles. The molecule has 0 saturated carbocycles. The molecule has 20 heavy (non-hydrogen) atoms. The van der Waals surface area contributed by atoms with E-state index in [-0.39, 0.29) is 11.4 Å². The van der Waals surface area contributed by atoms with E-state index in [1.165, 1.54) is 0 Å². The van der Waals surface area contributed by atoms with Crippen LogP contribution >= 0.6 is 0 Å². The number of carbonyl (C=O) groups excluding carboxylic acids is 1. The molecule has 0 aliphatic heterocycles. The van der Waals surface area contributed by atoms with Gasteiger partial charge in [-0.3, -0.25) is 14.9 Å². The number of hydrogen-bond donors (Lipinski definition) is 2. The number of hydrogen-bond acceptors (Lipinski definition) is 6. The van der Waals surface area contributed by atoms with Crippen molar-refractivity contribution < 1.29 is 14.1 Å². The summed E-state index contributed by atoms with van der Waals surface area (Å²) in [7, 11) is 0. The molecule has 0 bridgehead atoms. The van der Waals surface area contributed by atoms with Crippen LogP contribution in [0.1, 0.15) is 29.1 Å². The summed E-state index contributed by atoms with van der Waals surface area (Å²) in [5, 5.41) is 26.0. The van der Waals surface area contributed by atoms with Crippen molar-refractivity contribution in [3.05, 3.63) is 45.5 Å². The Kier molecular flexibility index (Phi) is 3.64. The number of benzene rings is 1. The Balaban J connectivity index is 2.19. The van der Waals surface area contributed by atoms with Gasteiger partial charge in [0.15, 0.2) is 5.82 Å². The summed E-state index contributed by atoms with van der Waals surface area (Å²) < 4.78 is 13.2. The highest BCUT2D eigenvalue weighted by Crippen LogP contribution is 2.17. The van der Waals surface area contributed by atoms with E-state index in [0.717, 1.165) is 18.2 Å². The van der Waals surface area contributed by atoms with Crippen molar-refractivity contribution in [2.75, 3.05) is 0 Å². The van der Waals surface area contributed by atoms with Gasteiger partial charge in [0.25, 0.3) is 11.6 Å². The second kappa shape index (κ2) is 5.38. The molecular formula is C10H9FN6O3. The molecule has 0 aliphatic rings. The predicted molar refractivity (Wildman–Crippen MR) is 63.1 cm³/mol. The highest BCUT2D eigenvalue weighted by molar-refractivity contribution is 5.95. The molecule has 9 nitrogen and oxygen atoms in total. The molecule has 2 rings (SSSR count). The average molecular weight is 280 g/mol. The van der Waals surface area contributed by atoms with Crippen molar-refractivity contribution in [1.82, 2.24) is 25.9 Å². The van der Waals surface area contributed by atoms with Crippen molar-refractivity contribution in [2.45, 2.75) is 13.0 Å². The highest BCUT2D eigenvalue weighted by Gasteiger charge is 2.18. The lowest BCUT2D eigenvalue weighted by atomic mass is 10.1. The monoisotopic (exact) mass is 280 g/mol. The van der Waals surface area contributed by atoms with Gasteiger partial charge in [0.05, 0.1) is 17.0 Å². The number of halogens is 1. The largest absolute Gasteiger partial charge is 0.342 e. The van der Waals surface area contributed by atoms with Crippen LogP contribution in [0.2, 0.25) is 0 Å². The normalized spacial score (nSPS) is 11.9. The van der Waals surface area contributed by atoms with E-state index >= 15 is 0 Å². The van der Waals surface area contributed by atoms with Crippen molar-refractivity contribution in [2.24, 2.45) is 0 Å². The van der Waals surface area contributed by atoms with Crippen LogP contribution in [0.3, 0.4) is 0 Å². The molecule has 0 spiro atoms. The predicted octanol–water partition coefficient (Wildman–Crippen LogP) is 0.738. The lowest BCUT2D eigenvalue weighted by Gasteiger charge is -2.09. The van der Waals surface area contributed by atoms with Crippen molar-refractivity contribution in [3.63, 3.8) is 0 Å². The van der Waals surface area contributed by atoms with Crippen molar-refractivity contribution in [3.8, 4) is 0 Å². The number of non-ortho nitro benzene ring substituents is 1. The number of nitrogens with one attached hydrogen (secondary N) is 2. The number of nitrogens with zero attached hydrogens (tertiary/aromatic N) is 4. The molecule has 2 aromatic rings. The first-order valence-corrected chi connectivity index (χ1v) is 5.46. The lowest BCUT2D eigenvalue weighted by Crippen LogP contribution is -2.27. The second-order valence-corrected chi connectivity index (χ2v) is 3.92. The van der Waals surface area contributed by atoms with E-state index in [4.69, 9.17) is 0 Å². The molecule has 1 aromatic heterocycles. The Bertz CT molecular complexity index is 644. The van der Waals surface area contributed by atoms with Gasteiger partial charge in [-0.1, -0.05) is 5.21 Å². The Morgan fingerprint density at radius 2 is 2.25 bits per heavy atom. The van der Waals surface area contributed by atoms with Gasteiger partial charge in [-0.15, -0.1) is 10.2 Å². The van der Waals surface area contributed by atoms with Gasteiger partial charge < -0.3 is 5.32 Å². The number of tetrazole rings is 1. The Labute approximate surface area is 111 Å². The summed E-state index contributed by atoms with van der Waals surface area (Å²) in [6.07, 6.45) is 0. The maximum atomic E-state index is 13.2. The molecule has 10 heteroatoms. The molecule has 0 aliphatic carbocycles. The number of aromatic amines is 1. The number of amides is 1. The molecule has 0 fully saturated rings. The highest BCUT2D eigenvalue weighted by atomic mass is 19.1. The first-order chi connectivity index (χ1) is 9.47. The first kappa shape index (κ1) is 13.5. The molecule has 1 atom stereocenters. The zero-order valence-electron chi connectivity index (χ0n) is 10.2. The zero-order valence-corrected chi connectivity index (χ0v) is 10.2. The van der Waals surface area contributed by atoms with Crippen LogP contribution in [0.25, 0.3) is 0 Å². The van der Waals surface area contributed by atoms with Gasteiger partial charge in [0.1, 0.15) is 5.82 Å². The maximum Gasteiger partial charge on any atom is 0.273 e. The zero-order chi connectivity index (χ0) is 14.7. The number of H-pyrrole nitrogens is 1. The van der Waals surface area contributed by atoms with Gasteiger partial charge in [0.2, 0.25) is 0 Å². The summed E-state index contributed by atoms with van der Waals surface area (Å²) in [6.45, 7) is 1.59. The van der Waals surface area contributed by atoms with Crippen LogP contribution in [0.4, 0.5) is 10.1 Å². The topological polar surface area (TPSA) is 127 Å². The fourth-order valence-electron chi connectivity index (χ4n) is 1.51.